The van der Waals surface area contributed by atoms with E-state index in [1.54, 1.807) is 18.0 Å². The molecule has 2 N–H and O–H groups in total. The lowest BCUT2D eigenvalue weighted by molar-refractivity contribution is 0.100. The Balaban J connectivity index is 2.69. The van der Waals surface area contributed by atoms with Crippen molar-refractivity contribution in [2.24, 2.45) is 0 Å². The predicted octanol–water partition coefficient (Wildman–Crippen LogP) is 0.809. The molecule has 1 aromatic heterocycles. The number of aromatic nitrogens is 2. The second-order valence-corrected chi connectivity index (χ2v) is 2.94. The van der Waals surface area contributed by atoms with E-state index in [0.717, 1.165) is 11.4 Å². The number of nitrogens with zero attached hydrogens (tertiary/aromatic N) is 2. The minimum absolute atomic E-state index is 0.145. The molecule has 0 bridgehead atoms. The Morgan fingerprint density at radius 1 is 1.75 bits per heavy atom. The van der Waals surface area contributed by atoms with Gasteiger partial charge in [0, 0.05) is 12.7 Å². The van der Waals surface area contributed by atoms with Crippen molar-refractivity contribution in [3.05, 3.63) is 11.8 Å². The second kappa shape index (κ2) is 3.58. The first-order chi connectivity index (χ1) is 5.65. The van der Waals surface area contributed by atoms with Crippen LogP contribution < -0.4 is 5.73 Å². The zero-order valence-corrected chi connectivity index (χ0v) is 7.74. The van der Waals surface area contributed by atoms with Crippen LogP contribution in [0, 0.1) is 6.92 Å². The summed E-state index contributed by atoms with van der Waals surface area (Å²) in [6.07, 6.45) is 1.91. The molecule has 0 saturated carbocycles. The molecule has 1 atom stereocenters. The molecule has 0 radical (unpaired) electrons. The van der Waals surface area contributed by atoms with Gasteiger partial charge < -0.3 is 10.5 Å². The summed E-state index contributed by atoms with van der Waals surface area (Å²) in [5, 5.41) is 4.11. The predicted molar refractivity (Wildman–Crippen MR) is 47.8 cm³/mol. The van der Waals surface area contributed by atoms with Crippen LogP contribution in [-0.2, 0) is 11.3 Å². The van der Waals surface area contributed by atoms with E-state index in [-0.39, 0.29) is 6.10 Å². The molecule has 0 aliphatic rings. The Kier molecular flexibility index (Phi) is 2.70. The zero-order valence-electron chi connectivity index (χ0n) is 7.74. The lowest BCUT2D eigenvalue weighted by Crippen LogP contribution is -2.17. The van der Waals surface area contributed by atoms with E-state index in [1.165, 1.54) is 0 Å². The molecule has 12 heavy (non-hydrogen) atoms. The summed E-state index contributed by atoms with van der Waals surface area (Å²) in [6, 6.07) is 0. The SMILES string of the molecule is COC(C)Cn1ncc(C)c1N. The van der Waals surface area contributed by atoms with Crippen molar-refractivity contribution in [1.29, 1.82) is 0 Å². The van der Waals surface area contributed by atoms with Gasteiger partial charge in [0.25, 0.3) is 0 Å². The van der Waals surface area contributed by atoms with Gasteiger partial charge in [0.2, 0.25) is 0 Å². The largest absolute Gasteiger partial charge is 0.384 e. The maximum absolute atomic E-state index is 5.75. The minimum Gasteiger partial charge on any atom is -0.384 e. The molecule has 0 saturated heterocycles. The Bertz CT molecular complexity index is 257. The highest BCUT2D eigenvalue weighted by Gasteiger charge is 2.06. The first-order valence-electron chi connectivity index (χ1n) is 3.95. The van der Waals surface area contributed by atoms with E-state index < -0.39 is 0 Å². The quantitative estimate of drug-likeness (QED) is 0.728. The number of ether oxygens (including phenoxy) is 1. The van der Waals surface area contributed by atoms with Crippen LogP contribution in [0.5, 0.6) is 0 Å². The molecule has 0 aliphatic carbocycles. The average Bonchev–Trinajstić information content (AvgIpc) is 2.36. The molecule has 0 fully saturated rings. The van der Waals surface area contributed by atoms with Crippen LogP contribution >= 0.6 is 0 Å². The lowest BCUT2D eigenvalue weighted by Gasteiger charge is -2.10. The van der Waals surface area contributed by atoms with E-state index in [9.17, 15) is 0 Å². The van der Waals surface area contributed by atoms with Crippen LogP contribution in [0.25, 0.3) is 0 Å². The van der Waals surface area contributed by atoms with E-state index in [4.69, 9.17) is 10.5 Å². The summed E-state index contributed by atoms with van der Waals surface area (Å²) in [5.74, 6) is 0.721. The number of hydrogen-bond acceptors (Lipinski definition) is 3. The highest BCUT2D eigenvalue weighted by molar-refractivity contribution is 5.36. The van der Waals surface area contributed by atoms with Gasteiger partial charge in [-0.3, -0.25) is 0 Å². The van der Waals surface area contributed by atoms with Gasteiger partial charge >= 0.3 is 0 Å². The lowest BCUT2D eigenvalue weighted by atomic mass is 10.3. The average molecular weight is 169 g/mol. The van der Waals surface area contributed by atoms with E-state index in [2.05, 4.69) is 5.10 Å². The van der Waals surface area contributed by atoms with Crippen molar-refractivity contribution in [2.75, 3.05) is 12.8 Å². The smallest absolute Gasteiger partial charge is 0.124 e. The van der Waals surface area contributed by atoms with Gasteiger partial charge in [-0.25, -0.2) is 4.68 Å². The summed E-state index contributed by atoms with van der Waals surface area (Å²) in [6.45, 7) is 4.63. The fourth-order valence-electron chi connectivity index (χ4n) is 0.952. The van der Waals surface area contributed by atoms with Crippen LogP contribution in [0.3, 0.4) is 0 Å². The molecule has 0 amide bonds. The zero-order chi connectivity index (χ0) is 9.14. The molecule has 0 aliphatic heterocycles. The van der Waals surface area contributed by atoms with Gasteiger partial charge in [-0.1, -0.05) is 0 Å². The molecular formula is C8H15N3O. The molecule has 4 heteroatoms. The number of nitrogen functional groups attached to an aromatic ring is 1. The van der Waals surface area contributed by atoms with Gasteiger partial charge in [0.05, 0.1) is 18.8 Å². The van der Waals surface area contributed by atoms with Crippen molar-refractivity contribution in [3.8, 4) is 0 Å². The van der Waals surface area contributed by atoms with E-state index in [0.29, 0.717) is 6.54 Å². The van der Waals surface area contributed by atoms with Crippen LogP contribution in [0.4, 0.5) is 5.82 Å². The Morgan fingerprint density at radius 2 is 2.42 bits per heavy atom. The van der Waals surface area contributed by atoms with Gasteiger partial charge in [-0.05, 0) is 13.8 Å². The Hall–Kier alpha value is -1.03. The van der Waals surface area contributed by atoms with Crippen LogP contribution in [-0.4, -0.2) is 23.0 Å². The molecule has 1 unspecified atom stereocenters. The number of nitrogens with two attached hydrogens (primary N) is 1. The highest BCUT2D eigenvalue weighted by atomic mass is 16.5. The molecule has 1 aromatic rings. The number of hydrogen-bond donors (Lipinski definition) is 1. The topological polar surface area (TPSA) is 53.1 Å². The van der Waals surface area contributed by atoms with Crippen LogP contribution in [0.1, 0.15) is 12.5 Å². The monoisotopic (exact) mass is 169 g/mol. The summed E-state index contributed by atoms with van der Waals surface area (Å²) in [5.41, 5.74) is 6.76. The summed E-state index contributed by atoms with van der Waals surface area (Å²) >= 11 is 0. The summed E-state index contributed by atoms with van der Waals surface area (Å²) < 4.78 is 6.86. The summed E-state index contributed by atoms with van der Waals surface area (Å²) in [7, 11) is 1.68. The fraction of sp³-hybridized carbons (Fsp3) is 0.625. The van der Waals surface area contributed by atoms with Crippen LogP contribution in [0.2, 0.25) is 0 Å². The number of methoxy groups -OCH3 is 1. The standard InChI is InChI=1S/C8H15N3O/c1-6-4-10-11(8(6)9)5-7(2)12-3/h4,7H,5,9H2,1-3H3. The van der Waals surface area contributed by atoms with Crippen molar-refractivity contribution in [1.82, 2.24) is 9.78 Å². The molecular weight excluding hydrogens is 154 g/mol. The van der Waals surface area contributed by atoms with Crippen molar-refractivity contribution in [3.63, 3.8) is 0 Å². The highest BCUT2D eigenvalue weighted by Crippen LogP contribution is 2.09. The van der Waals surface area contributed by atoms with E-state index >= 15 is 0 Å². The first-order valence-corrected chi connectivity index (χ1v) is 3.95. The molecule has 0 spiro atoms. The summed E-state index contributed by atoms with van der Waals surface area (Å²) in [4.78, 5) is 0. The number of rotatable bonds is 3. The van der Waals surface area contributed by atoms with Crippen molar-refractivity contribution in [2.45, 2.75) is 26.5 Å². The maximum atomic E-state index is 5.75. The third kappa shape index (κ3) is 1.76. The van der Waals surface area contributed by atoms with Crippen molar-refractivity contribution < 1.29 is 4.74 Å². The molecule has 68 valence electrons. The van der Waals surface area contributed by atoms with E-state index in [1.807, 2.05) is 13.8 Å². The van der Waals surface area contributed by atoms with Gasteiger partial charge in [0.1, 0.15) is 5.82 Å². The van der Waals surface area contributed by atoms with Gasteiger partial charge in [-0.15, -0.1) is 0 Å². The third-order valence-electron chi connectivity index (χ3n) is 1.91. The van der Waals surface area contributed by atoms with Crippen molar-refractivity contribution >= 4 is 5.82 Å². The first kappa shape index (κ1) is 9.06. The minimum atomic E-state index is 0.145. The van der Waals surface area contributed by atoms with Gasteiger partial charge in [-0.2, -0.15) is 5.10 Å². The second-order valence-electron chi connectivity index (χ2n) is 2.94. The molecule has 1 heterocycles. The Morgan fingerprint density at radius 3 is 2.83 bits per heavy atom. The number of anilines is 1. The molecule has 1 rings (SSSR count). The van der Waals surface area contributed by atoms with Crippen LogP contribution in [0.15, 0.2) is 6.20 Å². The molecule has 4 nitrogen and oxygen atoms in total. The normalized spacial score (nSPS) is 13.2. The molecule has 0 aromatic carbocycles. The third-order valence-corrected chi connectivity index (χ3v) is 1.91. The Labute approximate surface area is 72.3 Å². The van der Waals surface area contributed by atoms with Gasteiger partial charge in [0.15, 0.2) is 0 Å². The maximum Gasteiger partial charge on any atom is 0.124 e. The number of aryl methyl sites for hydroxylation is 1. The fourth-order valence-corrected chi connectivity index (χ4v) is 0.952.